The molecule has 1 unspecified atom stereocenters. The van der Waals surface area contributed by atoms with Crippen molar-refractivity contribution in [3.63, 3.8) is 0 Å². The molecule has 0 saturated heterocycles. The van der Waals surface area contributed by atoms with E-state index in [9.17, 15) is 0 Å². The minimum atomic E-state index is -0.347. The molecule has 3 aliphatic carbocycles. The van der Waals surface area contributed by atoms with Crippen LogP contribution in [0.2, 0.25) is 0 Å². The first kappa shape index (κ1) is 36.2. The van der Waals surface area contributed by atoms with E-state index >= 15 is 0 Å². The SMILES string of the molecule is CC1(c2nc(-c3cccc(-c4ccc(-c5ccc6c(c5)-c5ccccc5C65c6ccccc6-c6ccccc65)cc4)c3)nc(-c3ccc4sc5ccccc5c4c3)n2)C=CC=CC1. The van der Waals surface area contributed by atoms with Gasteiger partial charge < -0.3 is 0 Å². The number of benzene rings is 8. The van der Waals surface area contributed by atoms with E-state index in [0.717, 1.165) is 34.5 Å². The van der Waals surface area contributed by atoms with Crippen molar-refractivity contribution in [3.05, 3.63) is 234 Å². The number of hydrogen-bond donors (Lipinski definition) is 0. The van der Waals surface area contributed by atoms with Gasteiger partial charge in [0.05, 0.1) is 5.41 Å². The topological polar surface area (TPSA) is 38.7 Å². The minimum absolute atomic E-state index is 0.332. The van der Waals surface area contributed by atoms with Crippen LogP contribution in [-0.2, 0) is 10.8 Å². The first-order valence-corrected chi connectivity index (χ1v) is 22.5. The Morgan fingerprint density at radius 3 is 1.63 bits per heavy atom. The van der Waals surface area contributed by atoms with Gasteiger partial charge in [-0.25, -0.2) is 15.0 Å². The monoisotopic (exact) mass is 821 g/mol. The molecule has 4 heteroatoms. The Morgan fingerprint density at radius 2 is 0.952 bits per heavy atom. The zero-order valence-corrected chi connectivity index (χ0v) is 35.4. The summed E-state index contributed by atoms with van der Waals surface area (Å²) in [4.78, 5) is 15.6. The average molecular weight is 822 g/mol. The van der Waals surface area contributed by atoms with Crippen LogP contribution in [0.15, 0.2) is 206 Å². The molecular formula is C59H39N3S. The fraction of sp³-hybridized carbons (Fsp3) is 0.0678. The first-order chi connectivity index (χ1) is 31.0. The van der Waals surface area contributed by atoms with Crippen LogP contribution in [0.1, 0.15) is 41.4 Å². The highest BCUT2D eigenvalue weighted by Gasteiger charge is 2.51. The Balaban J connectivity index is 0.871. The van der Waals surface area contributed by atoms with E-state index < -0.39 is 0 Å². The summed E-state index contributed by atoms with van der Waals surface area (Å²) < 4.78 is 2.54. The summed E-state index contributed by atoms with van der Waals surface area (Å²) >= 11 is 1.82. The molecule has 0 amide bonds. The van der Waals surface area contributed by atoms with Gasteiger partial charge in [-0.05, 0) is 117 Å². The van der Waals surface area contributed by atoms with Gasteiger partial charge >= 0.3 is 0 Å². The highest BCUT2D eigenvalue weighted by atomic mass is 32.1. The van der Waals surface area contributed by atoms with E-state index in [1.165, 1.54) is 75.8 Å². The number of fused-ring (bicyclic) bond motifs is 13. The third-order valence-corrected chi connectivity index (χ3v) is 14.9. The van der Waals surface area contributed by atoms with E-state index in [-0.39, 0.29) is 10.8 Å². The van der Waals surface area contributed by atoms with Crippen molar-refractivity contribution in [2.24, 2.45) is 0 Å². The molecule has 0 fully saturated rings. The van der Waals surface area contributed by atoms with Crippen molar-refractivity contribution < 1.29 is 0 Å². The molecule has 1 atom stereocenters. The standard InChI is InChI=1S/C59H39N3S/c1-58(32-11-2-12-33-58)57-61-55(60-56(62-57)42-29-31-54-48(36-42)46-19-6-10-23-53(46)63-54)41-15-13-14-39(34-41)37-24-26-38(27-25-37)40-28-30-52-47(35-40)45-18-5-9-22-51(45)59(52)49-20-7-3-16-43(49)44-17-4-8-21-50(44)59/h2-32,34-36H,33H2,1H3. The Morgan fingerprint density at radius 1 is 0.413 bits per heavy atom. The third-order valence-electron chi connectivity index (χ3n) is 13.7. The van der Waals surface area contributed by atoms with E-state index in [1.807, 2.05) is 11.3 Å². The summed E-state index contributed by atoms with van der Waals surface area (Å²) in [5.41, 5.74) is 16.6. The van der Waals surface area contributed by atoms with Crippen LogP contribution in [0.25, 0.3) is 87.5 Å². The van der Waals surface area contributed by atoms with Gasteiger partial charge in [0.15, 0.2) is 11.6 Å². The molecule has 2 heterocycles. The van der Waals surface area contributed by atoms with Gasteiger partial charge in [0.2, 0.25) is 0 Å². The first-order valence-electron chi connectivity index (χ1n) is 21.7. The average Bonchev–Trinajstić information content (AvgIpc) is 3.98. The molecule has 0 radical (unpaired) electrons. The van der Waals surface area contributed by atoms with Crippen molar-refractivity contribution in [2.75, 3.05) is 0 Å². The van der Waals surface area contributed by atoms with Gasteiger partial charge in [0.1, 0.15) is 5.82 Å². The quantitative estimate of drug-likeness (QED) is 0.174. The number of aromatic nitrogens is 3. The Kier molecular flexibility index (Phi) is 7.88. The summed E-state index contributed by atoms with van der Waals surface area (Å²) in [5.74, 6) is 2.14. The lowest BCUT2D eigenvalue weighted by Crippen LogP contribution is -2.25. The zero-order valence-electron chi connectivity index (χ0n) is 34.6. The number of nitrogens with zero attached hydrogens (tertiary/aromatic N) is 3. The van der Waals surface area contributed by atoms with Gasteiger partial charge in [0.25, 0.3) is 0 Å². The number of rotatable bonds is 5. The maximum Gasteiger partial charge on any atom is 0.163 e. The molecular weight excluding hydrogens is 783 g/mol. The summed E-state index contributed by atoms with van der Waals surface area (Å²) in [5, 5.41) is 2.49. The highest BCUT2D eigenvalue weighted by Crippen LogP contribution is 2.63. The van der Waals surface area contributed by atoms with Gasteiger partial charge in [-0.2, -0.15) is 0 Å². The third kappa shape index (κ3) is 5.41. The molecule has 3 aliphatic rings. The number of thiophene rings is 1. The van der Waals surface area contributed by atoms with Crippen molar-refractivity contribution >= 4 is 31.5 Å². The summed E-state index contributed by atoms with van der Waals surface area (Å²) in [6.45, 7) is 2.22. The maximum absolute atomic E-state index is 5.21. The van der Waals surface area contributed by atoms with Gasteiger partial charge in [-0.3, -0.25) is 0 Å². The van der Waals surface area contributed by atoms with Crippen LogP contribution in [-0.4, -0.2) is 15.0 Å². The fourth-order valence-electron chi connectivity index (χ4n) is 10.6. The number of allylic oxidation sites excluding steroid dienone is 4. The van der Waals surface area contributed by atoms with E-state index in [2.05, 4.69) is 213 Å². The van der Waals surface area contributed by atoms with Crippen LogP contribution >= 0.6 is 11.3 Å². The fourth-order valence-corrected chi connectivity index (χ4v) is 11.7. The molecule has 13 rings (SSSR count). The molecule has 0 N–H and O–H groups in total. The lowest BCUT2D eigenvalue weighted by Gasteiger charge is -2.30. The second-order valence-electron chi connectivity index (χ2n) is 17.3. The van der Waals surface area contributed by atoms with Gasteiger partial charge in [-0.1, -0.05) is 170 Å². The van der Waals surface area contributed by atoms with Crippen LogP contribution in [0.4, 0.5) is 0 Å². The van der Waals surface area contributed by atoms with E-state index in [1.54, 1.807) is 0 Å². The summed E-state index contributed by atoms with van der Waals surface area (Å²) in [6, 6.07) is 66.9. The van der Waals surface area contributed by atoms with E-state index in [4.69, 9.17) is 15.0 Å². The van der Waals surface area contributed by atoms with Crippen molar-refractivity contribution in [3.8, 4) is 67.3 Å². The predicted molar refractivity (Wildman–Crippen MR) is 261 cm³/mol. The molecule has 2 aromatic heterocycles. The second kappa shape index (κ2) is 13.7. The molecule has 0 saturated carbocycles. The molecule has 10 aromatic rings. The normalized spacial score (nSPS) is 16.3. The maximum atomic E-state index is 5.21. The van der Waals surface area contributed by atoms with Crippen LogP contribution in [0, 0.1) is 0 Å². The molecule has 3 nitrogen and oxygen atoms in total. The second-order valence-corrected chi connectivity index (χ2v) is 18.4. The molecule has 0 aliphatic heterocycles. The smallest absolute Gasteiger partial charge is 0.163 e. The molecule has 296 valence electrons. The molecule has 0 bridgehead atoms. The van der Waals surface area contributed by atoms with Crippen molar-refractivity contribution in [1.82, 2.24) is 15.0 Å². The van der Waals surface area contributed by atoms with Crippen molar-refractivity contribution in [1.29, 1.82) is 0 Å². The van der Waals surface area contributed by atoms with Crippen LogP contribution in [0.5, 0.6) is 0 Å². The highest BCUT2D eigenvalue weighted by molar-refractivity contribution is 7.25. The lowest BCUT2D eigenvalue weighted by molar-refractivity contribution is 0.554. The summed E-state index contributed by atoms with van der Waals surface area (Å²) in [6.07, 6.45) is 9.44. The largest absolute Gasteiger partial charge is 0.212 e. The summed E-state index contributed by atoms with van der Waals surface area (Å²) in [7, 11) is 0. The predicted octanol–water partition coefficient (Wildman–Crippen LogP) is 15.0. The van der Waals surface area contributed by atoms with Crippen molar-refractivity contribution in [2.45, 2.75) is 24.2 Å². The van der Waals surface area contributed by atoms with Gasteiger partial charge in [0, 0.05) is 36.7 Å². The molecule has 1 spiro atoms. The van der Waals surface area contributed by atoms with Gasteiger partial charge in [-0.15, -0.1) is 11.3 Å². The number of hydrogen-bond acceptors (Lipinski definition) is 4. The Bertz CT molecular complexity index is 3530. The molecule has 63 heavy (non-hydrogen) atoms. The molecule has 8 aromatic carbocycles. The van der Waals surface area contributed by atoms with Crippen LogP contribution < -0.4 is 0 Å². The minimum Gasteiger partial charge on any atom is -0.212 e. The zero-order chi connectivity index (χ0) is 41.7. The lowest BCUT2D eigenvalue weighted by atomic mass is 9.70. The van der Waals surface area contributed by atoms with E-state index in [0.29, 0.717) is 11.6 Å². The Labute approximate surface area is 370 Å². The van der Waals surface area contributed by atoms with Crippen LogP contribution in [0.3, 0.4) is 0 Å². The Hall–Kier alpha value is -7.53.